The largest absolute Gasteiger partial charge is 0.384 e. The third-order valence-electron chi connectivity index (χ3n) is 2.65. The Kier molecular flexibility index (Phi) is 6.36. The molecule has 2 N–H and O–H groups in total. The Hall–Kier alpha value is -1.71. The molecule has 0 spiro atoms. The van der Waals surface area contributed by atoms with Crippen LogP contribution in [0.25, 0.3) is 0 Å². The highest BCUT2D eigenvalue weighted by Crippen LogP contribution is 2.10. The molecule has 108 valence electrons. The number of benzene rings is 1. The summed E-state index contributed by atoms with van der Waals surface area (Å²) in [6.45, 7) is 1.64. The van der Waals surface area contributed by atoms with E-state index in [9.17, 15) is 13.4 Å². The topological polar surface area (TPSA) is 66.4 Å². The lowest BCUT2D eigenvalue weighted by molar-refractivity contribution is 0.0954. The van der Waals surface area contributed by atoms with Crippen molar-refractivity contribution in [3.8, 4) is 11.8 Å². The van der Waals surface area contributed by atoms with Crippen LogP contribution in [0.2, 0.25) is 0 Å². The van der Waals surface area contributed by atoms with Crippen LogP contribution in [0, 0.1) is 17.7 Å². The van der Waals surface area contributed by atoms with Gasteiger partial charge in [0.2, 0.25) is 0 Å². The van der Waals surface area contributed by atoms with E-state index >= 15 is 0 Å². The van der Waals surface area contributed by atoms with Crippen LogP contribution in [0.4, 0.5) is 4.39 Å². The van der Waals surface area contributed by atoms with Crippen LogP contribution >= 0.6 is 0 Å². The Morgan fingerprint density at radius 2 is 2.25 bits per heavy atom. The average molecular weight is 297 g/mol. The van der Waals surface area contributed by atoms with Gasteiger partial charge in [-0.3, -0.25) is 9.00 Å². The molecule has 0 aliphatic heterocycles. The number of amides is 1. The average Bonchev–Trinajstić information content (AvgIpc) is 2.42. The van der Waals surface area contributed by atoms with Crippen LogP contribution in [-0.2, 0) is 10.8 Å². The molecule has 0 heterocycles. The van der Waals surface area contributed by atoms with Crippen LogP contribution in [0.15, 0.2) is 18.2 Å². The first-order valence-electron chi connectivity index (χ1n) is 5.95. The van der Waals surface area contributed by atoms with Crippen molar-refractivity contribution in [2.24, 2.45) is 0 Å². The normalized spacial score (nSPS) is 13.0. The van der Waals surface area contributed by atoms with Crippen LogP contribution in [0.1, 0.15) is 22.8 Å². The van der Waals surface area contributed by atoms with Gasteiger partial charge in [-0.25, -0.2) is 4.39 Å². The fourth-order valence-corrected chi connectivity index (χ4v) is 1.72. The molecule has 0 saturated heterocycles. The zero-order chi connectivity index (χ0) is 15.1. The van der Waals surface area contributed by atoms with Crippen molar-refractivity contribution in [1.29, 1.82) is 0 Å². The molecule has 2 atom stereocenters. The van der Waals surface area contributed by atoms with Crippen molar-refractivity contribution in [2.75, 3.05) is 19.4 Å². The summed E-state index contributed by atoms with van der Waals surface area (Å²) in [4.78, 5) is 12.0. The zero-order valence-corrected chi connectivity index (χ0v) is 12.1. The summed E-state index contributed by atoms with van der Waals surface area (Å²) in [5.74, 6) is 3.99. The number of nitrogens with one attached hydrogen (secondary N) is 1. The first-order chi connectivity index (χ1) is 9.45. The lowest BCUT2D eigenvalue weighted by atomic mass is 10.1. The quantitative estimate of drug-likeness (QED) is 0.803. The summed E-state index contributed by atoms with van der Waals surface area (Å²) >= 11 is 0. The van der Waals surface area contributed by atoms with Gasteiger partial charge >= 0.3 is 0 Å². The van der Waals surface area contributed by atoms with Gasteiger partial charge < -0.3 is 10.4 Å². The predicted octanol–water partition coefficient (Wildman–Crippen LogP) is 0.666. The van der Waals surface area contributed by atoms with E-state index in [1.807, 2.05) is 0 Å². The number of hydrogen-bond donors (Lipinski definition) is 2. The number of aliphatic hydroxyl groups excluding tert-OH is 1. The molecule has 1 aromatic carbocycles. The Labute approximate surface area is 119 Å². The van der Waals surface area contributed by atoms with Crippen LogP contribution in [-0.4, -0.2) is 39.9 Å². The molecule has 1 aromatic rings. The van der Waals surface area contributed by atoms with Gasteiger partial charge in [-0.05, 0) is 25.1 Å². The van der Waals surface area contributed by atoms with Gasteiger partial charge in [0.1, 0.15) is 12.4 Å². The summed E-state index contributed by atoms with van der Waals surface area (Å²) in [6, 6.07) is 3.64. The fourth-order valence-electron chi connectivity index (χ4n) is 1.40. The third kappa shape index (κ3) is 4.76. The SMILES string of the molecule is CC(CNC(=O)c1ccc(F)cc1C#CCO)S(C)=O. The summed E-state index contributed by atoms with van der Waals surface area (Å²) in [6.07, 6.45) is 1.56. The molecule has 1 amide bonds. The van der Waals surface area contributed by atoms with Crippen molar-refractivity contribution in [2.45, 2.75) is 12.2 Å². The first-order valence-corrected chi connectivity index (χ1v) is 7.57. The number of hydrogen-bond acceptors (Lipinski definition) is 3. The molecule has 0 radical (unpaired) electrons. The Bertz CT molecular complexity index is 578. The van der Waals surface area contributed by atoms with Gasteiger partial charge in [-0.1, -0.05) is 11.8 Å². The second-order valence-electron chi connectivity index (χ2n) is 4.17. The van der Waals surface area contributed by atoms with E-state index < -0.39 is 22.5 Å². The van der Waals surface area contributed by atoms with Crippen molar-refractivity contribution in [3.63, 3.8) is 0 Å². The Morgan fingerprint density at radius 1 is 1.55 bits per heavy atom. The smallest absolute Gasteiger partial charge is 0.252 e. The minimum atomic E-state index is -1.03. The van der Waals surface area contributed by atoms with E-state index in [1.54, 1.807) is 13.2 Å². The standard InChI is InChI=1S/C14H16FNO3S/c1-10(20(2)19)9-16-14(18)13-6-5-12(15)8-11(13)4-3-7-17/h5-6,8,10,17H,7,9H2,1-2H3,(H,16,18). The molecular weight excluding hydrogens is 281 g/mol. The Morgan fingerprint density at radius 3 is 2.85 bits per heavy atom. The van der Waals surface area contributed by atoms with E-state index in [0.29, 0.717) is 0 Å². The van der Waals surface area contributed by atoms with Gasteiger partial charge in [0.25, 0.3) is 5.91 Å². The number of carbonyl (C=O) groups excluding carboxylic acids is 1. The molecule has 1 rings (SSSR count). The minimum Gasteiger partial charge on any atom is -0.384 e. The maximum atomic E-state index is 13.2. The second-order valence-corrected chi connectivity index (χ2v) is 5.97. The summed E-state index contributed by atoms with van der Waals surface area (Å²) in [7, 11) is -1.03. The van der Waals surface area contributed by atoms with Crippen molar-refractivity contribution >= 4 is 16.7 Å². The predicted molar refractivity (Wildman–Crippen MR) is 76.2 cm³/mol. The van der Waals surface area contributed by atoms with Crippen molar-refractivity contribution in [3.05, 3.63) is 35.1 Å². The Balaban J connectivity index is 2.89. The fraction of sp³-hybridized carbons (Fsp3) is 0.357. The summed E-state index contributed by atoms with van der Waals surface area (Å²) < 4.78 is 24.4. The van der Waals surface area contributed by atoms with Gasteiger partial charge in [0.05, 0.1) is 5.56 Å². The monoisotopic (exact) mass is 297 g/mol. The summed E-state index contributed by atoms with van der Waals surface area (Å²) in [5, 5.41) is 11.1. The zero-order valence-electron chi connectivity index (χ0n) is 11.3. The number of aliphatic hydroxyl groups is 1. The van der Waals surface area contributed by atoms with Crippen molar-refractivity contribution < 1.29 is 18.5 Å². The first kappa shape index (κ1) is 16.3. The van der Waals surface area contributed by atoms with Crippen LogP contribution in [0.5, 0.6) is 0 Å². The molecular formula is C14H16FNO3S. The van der Waals surface area contributed by atoms with Crippen LogP contribution < -0.4 is 5.32 Å². The third-order valence-corrected chi connectivity index (χ3v) is 3.95. The van der Waals surface area contributed by atoms with Crippen LogP contribution in [0.3, 0.4) is 0 Å². The van der Waals surface area contributed by atoms with E-state index in [1.165, 1.54) is 12.1 Å². The highest BCUT2D eigenvalue weighted by molar-refractivity contribution is 7.84. The molecule has 0 fully saturated rings. The number of halogens is 1. The molecule has 20 heavy (non-hydrogen) atoms. The van der Waals surface area contributed by atoms with Gasteiger partial charge in [-0.15, -0.1) is 0 Å². The summed E-state index contributed by atoms with van der Waals surface area (Å²) in [5.41, 5.74) is 0.434. The highest BCUT2D eigenvalue weighted by atomic mass is 32.2. The molecule has 0 aliphatic rings. The van der Waals surface area contributed by atoms with Crippen molar-refractivity contribution in [1.82, 2.24) is 5.32 Å². The number of rotatable bonds is 4. The maximum Gasteiger partial charge on any atom is 0.252 e. The van der Waals surface area contributed by atoms with E-state index in [2.05, 4.69) is 17.2 Å². The van der Waals surface area contributed by atoms with Gasteiger partial charge in [0.15, 0.2) is 0 Å². The molecule has 0 aliphatic carbocycles. The molecule has 0 saturated carbocycles. The van der Waals surface area contributed by atoms with Gasteiger partial charge in [0, 0.05) is 34.4 Å². The minimum absolute atomic E-state index is 0.175. The second kappa shape index (κ2) is 7.78. The molecule has 2 unspecified atom stereocenters. The van der Waals surface area contributed by atoms with E-state index in [-0.39, 0.29) is 29.5 Å². The molecule has 0 aromatic heterocycles. The van der Waals surface area contributed by atoms with E-state index in [0.717, 1.165) is 6.07 Å². The lowest BCUT2D eigenvalue weighted by Gasteiger charge is -2.11. The molecule has 6 heteroatoms. The van der Waals surface area contributed by atoms with Gasteiger partial charge in [-0.2, -0.15) is 0 Å². The van der Waals surface area contributed by atoms with E-state index in [4.69, 9.17) is 5.11 Å². The molecule has 0 bridgehead atoms. The lowest BCUT2D eigenvalue weighted by Crippen LogP contribution is -2.33. The molecule has 4 nitrogen and oxygen atoms in total. The number of carbonyl (C=O) groups is 1. The highest BCUT2D eigenvalue weighted by Gasteiger charge is 2.13. The maximum absolute atomic E-state index is 13.2.